The molecule has 0 bridgehead atoms. The zero-order valence-corrected chi connectivity index (χ0v) is 21.3. The van der Waals surface area contributed by atoms with E-state index in [1.165, 1.54) is 10.4 Å². The summed E-state index contributed by atoms with van der Waals surface area (Å²) in [5.74, 6) is 0.134. The van der Waals surface area contributed by atoms with Crippen LogP contribution in [0.4, 0.5) is 5.69 Å². The summed E-state index contributed by atoms with van der Waals surface area (Å²) in [5, 5.41) is 7.92. The number of pyridine rings is 1. The number of hydrogen-bond acceptors (Lipinski definition) is 6. The summed E-state index contributed by atoms with van der Waals surface area (Å²) in [7, 11) is -3.67. The molecule has 4 aromatic rings. The van der Waals surface area contributed by atoms with Crippen molar-refractivity contribution in [2.75, 3.05) is 18.4 Å². The Bertz CT molecular complexity index is 1470. The van der Waals surface area contributed by atoms with Gasteiger partial charge in [0, 0.05) is 24.8 Å². The van der Waals surface area contributed by atoms with Gasteiger partial charge in [0.25, 0.3) is 5.91 Å². The monoisotopic (exact) mass is 495 g/mol. The van der Waals surface area contributed by atoms with E-state index in [9.17, 15) is 13.2 Å². The lowest BCUT2D eigenvalue weighted by molar-refractivity contribution is 0.102. The Balaban J connectivity index is 1.78. The standard InChI is InChI=1S/C25H29N5O4S/c1-6-29(7-2)35(32,33)18-11-10-17(5)21(13-18)28-25(31)19-14-22(23-9-8-12-34-23)27-24-20(19)15-26-30(24)16(3)4/h8-16H,6-7H2,1-5H3,(H,28,31). The van der Waals surface area contributed by atoms with E-state index in [1.54, 1.807) is 61.3 Å². The van der Waals surface area contributed by atoms with E-state index in [4.69, 9.17) is 9.40 Å². The number of furan rings is 1. The number of anilines is 1. The molecule has 3 heterocycles. The van der Waals surface area contributed by atoms with E-state index >= 15 is 0 Å². The van der Waals surface area contributed by atoms with Gasteiger partial charge < -0.3 is 9.73 Å². The van der Waals surface area contributed by atoms with Gasteiger partial charge in [-0.15, -0.1) is 0 Å². The number of hydrogen-bond donors (Lipinski definition) is 1. The van der Waals surface area contributed by atoms with Crippen molar-refractivity contribution in [3.8, 4) is 11.5 Å². The molecule has 1 aromatic carbocycles. The zero-order valence-electron chi connectivity index (χ0n) is 20.4. The van der Waals surface area contributed by atoms with Crippen molar-refractivity contribution in [2.24, 2.45) is 0 Å². The smallest absolute Gasteiger partial charge is 0.256 e. The van der Waals surface area contributed by atoms with Gasteiger partial charge in [0.2, 0.25) is 10.0 Å². The number of aromatic nitrogens is 3. The molecule has 4 rings (SSSR count). The van der Waals surface area contributed by atoms with Crippen molar-refractivity contribution in [2.45, 2.75) is 45.6 Å². The Kier molecular flexibility index (Phi) is 6.77. The number of carbonyl (C=O) groups excluding carboxylic acids is 1. The summed E-state index contributed by atoms with van der Waals surface area (Å²) in [6.07, 6.45) is 3.17. The molecule has 1 amide bonds. The van der Waals surface area contributed by atoms with Crippen LogP contribution in [0.2, 0.25) is 0 Å². The fourth-order valence-corrected chi connectivity index (χ4v) is 5.42. The molecule has 0 atom stereocenters. The molecule has 0 unspecified atom stereocenters. The van der Waals surface area contributed by atoms with Crippen LogP contribution in [0.5, 0.6) is 0 Å². The average molecular weight is 496 g/mol. The fraction of sp³-hybridized carbons (Fsp3) is 0.320. The highest BCUT2D eigenvalue weighted by Crippen LogP contribution is 2.29. The lowest BCUT2D eigenvalue weighted by Crippen LogP contribution is -2.30. The van der Waals surface area contributed by atoms with Crippen LogP contribution < -0.4 is 5.32 Å². The first kappa shape index (κ1) is 24.6. The predicted molar refractivity (Wildman–Crippen MR) is 135 cm³/mol. The Morgan fingerprint density at radius 3 is 2.54 bits per heavy atom. The van der Waals surface area contributed by atoms with Crippen molar-refractivity contribution in [3.05, 3.63) is 60.0 Å². The quantitative estimate of drug-likeness (QED) is 0.374. The molecule has 184 valence electrons. The minimum Gasteiger partial charge on any atom is -0.463 e. The average Bonchev–Trinajstić information content (AvgIpc) is 3.50. The summed E-state index contributed by atoms with van der Waals surface area (Å²) in [6, 6.07) is 9.99. The number of nitrogens with zero attached hydrogens (tertiary/aromatic N) is 4. The largest absolute Gasteiger partial charge is 0.463 e. The second kappa shape index (κ2) is 9.63. The number of carbonyl (C=O) groups is 1. The highest BCUT2D eigenvalue weighted by atomic mass is 32.2. The van der Waals surface area contributed by atoms with Gasteiger partial charge in [0.1, 0.15) is 5.69 Å². The van der Waals surface area contributed by atoms with Crippen molar-refractivity contribution in [1.29, 1.82) is 0 Å². The van der Waals surface area contributed by atoms with Crippen LogP contribution in [-0.2, 0) is 10.0 Å². The van der Waals surface area contributed by atoms with E-state index in [2.05, 4.69) is 10.4 Å². The molecule has 3 aromatic heterocycles. The molecule has 1 N–H and O–H groups in total. The summed E-state index contributed by atoms with van der Waals surface area (Å²) >= 11 is 0. The normalized spacial score (nSPS) is 12.1. The van der Waals surface area contributed by atoms with E-state index in [0.717, 1.165) is 5.56 Å². The molecular formula is C25H29N5O4S. The summed E-state index contributed by atoms with van der Waals surface area (Å²) in [6.45, 7) is 10.1. The molecule has 10 heteroatoms. The van der Waals surface area contributed by atoms with Crippen LogP contribution in [0.3, 0.4) is 0 Å². The van der Waals surface area contributed by atoms with Crippen LogP contribution in [0.15, 0.2) is 58.2 Å². The minimum atomic E-state index is -3.67. The van der Waals surface area contributed by atoms with Crippen molar-refractivity contribution in [1.82, 2.24) is 19.1 Å². The zero-order chi connectivity index (χ0) is 25.3. The van der Waals surface area contributed by atoms with Gasteiger partial charge in [0.05, 0.1) is 28.3 Å². The number of fused-ring (bicyclic) bond motifs is 1. The first-order chi connectivity index (χ1) is 16.7. The maximum absolute atomic E-state index is 13.5. The van der Waals surface area contributed by atoms with E-state index in [-0.39, 0.29) is 10.9 Å². The summed E-state index contributed by atoms with van der Waals surface area (Å²) in [5.41, 5.74) is 2.60. The van der Waals surface area contributed by atoms with Gasteiger partial charge >= 0.3 is 0 Å². The molecule has 0 saturated heterocycles. The molecule has 0 aliphatic rings. The number of nitrogens with one attached hydrogen (secondary N) is 1. The Morgan fingerprint density at radius 1 is 1.17 bits per heavy atom. The Hall–Kier alpha value is -3.50. The summed E-state index contributed by atoms with van der Waals surface area (Å²) < 4.78 is 34.7. The third-order valence-corrected chi connectivity index (χ3v) is 7.92. The van der Waals surface area contributed by atoms with Crippen molar-refractivity contribution < 1.29 is 17.6 Å². The lowest BCUT2D eigenvalue weighted by Gasteiger charge is -2.19. The first-order valence-electron chi connectivity index (χ1n) is 11.5. The number of sulfonamides is 1. The first-order valence-corrected chi connectivity index (χ1v) is 13.0. The summed E-state index contributed by atoms with van der Waals surface area (Å²) in [4.78, 5) is 18.3. The van der Waals surface area contributed by atoms with Gasteiger partial charge in [-0.25, -0.2) is 18.1 Å². The predicted octanol–water partition coefficient (Wildman–Crippen LogP) is 4.86. The van der Waals surface area contributed by atoms with Gasteiger partial charge in [-0.1, -0.05) is 19.9 Å². The molecule has 0 spiro atoms. The van der Waals surface area contributed by atoms with Gasteiger partial charge in [-0.3, -0.25) is 4.79 Å². The molecule has 0 aliphatic heterocycles. The number of amides is 1. The molecule has 9 nitrogen and oxygen atoms in total. The number of rotatable bonds is 8. The van der Waals surface area contributed by atoms with Crippen molar-refractivity contribution in [3.63, 3.8) is 0 Å². The van der Waals surface area contributed by atoms with Crippen LogP contribution in [0, 0.1) is 6.92 Å². The third-order valence-electron chi connectivity index (χ3n) is 5.87. The van der Waals surface area contributed by atoms with Gasteiger partial charge in [0.15, 0.2) is 11.4 Å². The number of aryl methyl sites for hydroxylation is 1. The SMILES string of the molecule is CCN(CC)S(=O)(=O)c1ccc(C)c(NC(=O)c2cc(-c3ccco3)nc3c2cnn3C(C)C)c1. The van der Waals surface area contributed by atoms with Gasteiger partial charge in [-0.05, 0) is 56.7 Å². The highest BCUT2D eigenvalue weighted by molar-refractivity contribution is 7.89. The second-order valence-corrected chi connectivity index (χ2v) is 10.4. The molecule has 0 fully saturated rings. The number of benzene rings is 1. The van der Waals surface area contributed by atoms with Crippen LogP contribution in [0.1, 0.15) is 49.7 Å². The fourth-order valence-electron chi connectivity index (χ4n) is 3.93. The maximum atomic E-state index is 13.5. The molecule has 0 saturated carbocycles. The van der Waals surface area contributed by atoms with E-state index < -0.39 is 15.9 Å². The molecule has 0 aliphatic carbocycles. The van der Waals surface area contributed by atoms with Crippen LogP contribution >= 0.6 is 0 Å². The molecule has 35 heavy (non-hydrogen) atoms. The lowest BCUT2D eigenvalue weighted by atomic mass is 10.1. The van der Waals surface area contributed by atoms with Crippen LogP contribution in [0.25, 0.3) is 22.5 Å². The van der Waals surface area contributed by atoms with Gasteiger partial charge in [-0.2, -0.15) is 9.40 Å². The second-order valence-electron chi connectivity index (χ2n) is 8.47. The van der Waals surface area contributed by atoms with E-state index in [0.29, 0.717) is 46.8 Å². The van der Waals surface area contributed by atoms with Crippen molar-refractivity contribution >= 4 is 32.7 Å². The van der Waals surface area contributed by atoms with Crippen LogP contribution in [-0.4, -0.2) is 46.5 Å². The highest BCUT2D eigenvalue weighted by Gasteiger charge is 2.24. The maximum Gasteiger partial charge on any atom is 0.256 e. The minimum absolute atomic E-state index is 0.0342. The van der Waals surface area contributed by atoms with E-state index in [1.807, 2.05) is 20.8 Å². The third kappa shape index (κ3) is 4.59. The molecule has 0 radical (unpaired) electrons. The molecular weight excluding hydrogens is 466 g/mol. The Labute approximate surface area is 204 Å². The topological polar surface area (TPSA) is 110 Å². The Morgan fingerprint density at radius 2 is 1.91 bits per heavy atom.